The molecule has 3 rings (SSSR count). The first-order valence-electron chi connectivity index (χ1n) is 11.2. The van der Waals surface area contributed by atoms with Gasteiger partial charge in [0.05, 0.1) is 31.9 Å². The molecule has 0 N–H and O–H groups in total. The Morgan fingerprint density at radius 1 is 0.882 bits per heavy atom. The Balaban J connectivity index is 1.80. The van der Waals surface area contributed by atoms with E-state index >= 15 is 0 Å². The summed E-state index contributed by atoms with van der Waals surface area (Å²) in [6.07, 6.45) is 0. The number of piperazine rings is 1. The fraction of sp³-hybridized carbons (Fsp3) is 0.458. The molecule has 1 saturated heterocycles. The van der Waals surface area contributed by atoms with Gasteiger partial charge in [0.2, 0.25) is 10.0 Å². The lowest BCUT2D eigenvalue weighted by Gasteiger charge is -2.37. The van der Waals surface area contributed by atoms with Gasteiger partial charge in [-0.2, -0.15) is 4.31 Å². The van der Waals surface area contributed by atoms with Crippen molar-refractivity contribution in [3.05, 3.63) is 42.0 Å². The average Bonchev–Trinajstić information content (AvgIpc) is 2.88. The molecular formula is C24H33N3O6S. The zero-order valence-electron chi connectivity index (χ0n) is 20.4. The van der Waals surface area contributed by atoms with E-state index in [0.29, 0.717) is 67.8 Å². The topological polar surface area (TPSA) is 88.6 Å². The maximum Gasteiger partial charge on any atom is 0.254 e. The summed E-state index contributed by atoms with van der Waals surface area (Å²) in [7, 11) is 1.06. The SMILES string of the molecule is CCN(CC)S(=O)(=O)c1ccc(OC)c(N2CCN(C(=O)c3cc(OC)cc(OC)c3)CC2)c1. The van der Waals surface area contributed by atoms with Crippen LogP contribution in [0.25, 0.3) is 0 Å². The minimum atomic E-state index is -3.60. The first-order chi connectivity index (χ1) is 16.3. The molecule has 1 aliphatic rings. The second-order valence-electron chi connectivity index (χ2n) is 7.80. The van der Waals surface area contributed by atoms with Crippen molar-refractivity contribution in [3.8, 4) is 17.2 Å². The number of rotatable bonds is 9. The summed E-state index contributed by atoms with van der Waals surface area (Å²) in [5.41, 5.74) is 1.19. The van der Waals surface area contributed by atoms with E-state index in [2.05, 4.69) is 4.90 Å². The monoisotopic (exact) mass is 491 g/mol. The lowest BCUT2D eigenvalue weighted by Crippen LogP contribution is -2.49. The Bertz CT molecular complexity index is 1090. The van der Waals surface area contributed by atoms with Crippen molar-refractivity contribution in [2.45, 2.75) is 18.7 Å². The van der Waals surface area contributed by atoms with E-state index in [4.69, 9.17) is 14.2 Å². The van der Waals surface area contributed by atoms with Gasteiger partial charge in [-0.15, -0.1) is 0 Å². The van der Waals surface area contributed by atoms with Crippen molar-refractivity contribution < 1.29 is 27.4 Å². The second-order valence-corrected chi connectivity index (χ2v) is 9.74. The molecule has 0 radical (unpaired) electrons. The molecule has 0 unspecified atom stereocenters. The first kappa shape index (κ1) is 25.6. The molecule has 0 aromatic heterocycles. The number of benzene rings is 2. The highest BCUT2D eigenvalue weighted by molar-refractivity contribution is 7.89. The summed E-state index contributed by atoms with van der Waals surface area (Å²) in [5, 5.41) is 0. The van der Waals surface area contributed by atoms with Gasteiger partial charge >= 0.3 is 0 Å². The first-order valence-corrected chi connectivity index (χ1v) is 12.7. The maximum atomic E-state index is 13.1. The van der Waals surface area contributed by atoms with Gasteiger partial charge in [0.15, 0.2) is 0 Å². The standard InChI is InChI=1S/C24H33N3O6S/c1-6-27(7-2)34(29,30)21-8-9-23(33-5)22(17-21)25-10-12-26(13-11-25)24(28)18-14-19(31-3)16-20(15-18)32-4/h8-9,14-17H,6-7,10-13H2,1-5H3. The Morgan fingerprint density at radius 2 is 1.47 bits per heavy atom. The lowest BCUT2D eigenvalue weighted by atomic mass is 10.1. The van der Waals surface area contributed by atoms with Crippen molar-refractivity contribution in [2.75, 3.05) is 65.5 Å². The maximum absolute atomic E-state index is 13.1. The molecule has 2 aromatic carbocycles. The molecule has 0 spiro atoms. The molecular weight excluding hydrogens is 458 g/mol. The van der Waals surface area contributed by atoms with Gasteiger partial charge in [0.1, 0.15) is 17.2 Å². The van der Waals surface area contributed by atoms with Crippen LogP contribution in [0, 0.1) is 0 Å². The number of ether oxygens (including phenoxy) is 3. The van der Waals surface area contributed by atoms with Crippen molar-refractivity contribution in [2.24, 2.45) is 0 Å². The predicted octanol–water partition coefficient (Wildman–Crippen LogP) is 2.71. The van der Waals surface area contributed by atoms with Gasteiger partial charge in [-0.25, -0.2) is 8.42 Å². The highest BCUT2D eigenvalue weighted by Crippen LogP contribution is 2.33. The van der Waals surface area contributed by atoms with E-state index in [9.17, 15) is 13.2 Å². The molecule has 1 heterocycles. The van der Waals surface area contributed by atoms with E-state index in [0.717, 1.165) is 0 Å². The van der Waals surface area contributed by atoms with Crippen LogP contribution in [0.2, 0.25) is 0 Å². The van der Waals surface area contributed by atoms with Crippen molar-refractivity contribution in [3.63, 3.8) is 0 Å². The minimum absolute atomic E-state index is 0.110. The van der Waals surface area contributed by atoms with Crippen molar-refractivity contribution >= 4 is 21.6 Å². The highest BCUT2D eigenvalue weighted by atomic mass is 32.2. The molecule has 1 fully saturated rings. The normalized spacial score (nSPS) is 14.3. The zero-order valence-corrected chi connectivity index (χ0v) is 21.2. The van der Waals surface area contributed by atoms with E-state index in [1.54, 1.807) is 62.6 Å². The van der Waals surface area contributed by atoms with E-state index in [1.807, 2.05) is 13.8 Å². The van der Waals surface area contributed by atoms with Crippen LogP contribution in [0.4, 0.5) is 5.69 Å². The highest BCUT2D eigenvalue weighted by Gasteiger charge is 2.27. The third-order valence-electron chi connectivity index (χ3n) is 6.00. The van der Waals surface area contributed by atoms with Gasteiger partial charge < -0.3 is 24.0 Å². The molecule has 0 atom stereocenters. The van der Waals surface area contributed by atoms with Crippen LogP contribution < -0.4 is 19.1 Å². The third kappa shape index (κ3) is 5.23. The Hall–Kier alpha value is -2.98. The number of hydrogen-bond donors (Lipinski definition) is 0. The summed E-state index contributed by atoms with van der Waals surface area (Å²) in [4.78, 5) is 17.2. The Labute approximate surface area is 201 Å². The van der Waals surface area contributed by atoms with Crippen LogP contribution in [0.5, 0.6) is 17.2 Å². The van der Waals surface area contributed by atoms with Gasteiger partial charge in [-0.05, 0) is 30.3 Å². The zero-order chi connectivity index (χ0) is 24.9. The number of sulfonamides is 1. The van der Waals surface area contributed by atoms with Crippen LogP contribution in [0.15, 0.2) is 41.3 Å². The molecule has 2 aromatic rings. The Morgan fingerprint density at radius 3 is 1.97 bits per heavy atom. The van der Waals surface area contributed by atoms with Crippen molar-refractivity contribution in [1.29, 1.82) is 0 Å². The lowest BCUT2D eigenvalue weighted by molar-refractivity contribution is 0.0746. The van der Waals surface area contributed by atoms with Gasteiger partial charge in [-0.1, -0.05) is 13.8 Å². The predicted molar refractivity (Wildman–Crippen MR) is 131 cm³/mol. The van der Waals surface area contributed by atoms with Crippen LogP contribution >= 0.6 is 0 Å². The fourth-order valence-corrected chi connectivity index (χ4v) is 5.53. The number of anilines is 1. The van der Waals surface area contributed by atoms with Crippen LogP contribution in [0.1, 0.15) is 24.2 Å². The molecule has 0 bridgehead atoms. The van der Waals surface area contributed by atoms with Crippen LogP contribution in [0.3, 0.4) is 0 Å². The molecule has 9 nitrogen and oxygen atoms in total. The molecule has 186 valence electrons. The Kier molecular flexibility index (Phi) is 8.27. The van der Waals surface area contributed by atoms with E-state index in [-0.39, 0.29) is 10.8 Å². The van der Waals surface area contributed by atoms with Crippen LogP contribution in [-0.4, -0.2) is 84.1 Å². The van der Waals surface area contributed by atoms with E-state index in [1.165, 1.54) is 4.31 Å². The number of amides is 1. The summed E-state index contributed by atoms with van der Waals surface area (Å²) in [6.45, 7) is 6.48. The molecule has 1 amide bonds. The van der Waals surface area contributed by atoms with Gasteiger partial charge in [-0.3, -0.25) is 4.79 Å². The van der Waals surface area contributed by atoms with Gasteiger partial charge in [0, 0.05) is 50.9 Å². The summed E-state index contributed by atoms with van der Waals surface area (Å²) >= 11 is 0. The molecule has 0 aliphatic carbocycles. The average molecular weight is 492 g/mol. The van der Waals surface area contributed by atoms with Crippen molar-refractivity contribution in [1.82, 2.24) is 9.21 Å². The number of nitrogens with zero attached hydrogens (tertiary/aromatic N) is 3. The molecule has 10 heteroatoms. The number of carbonyl (C=O) groups excluding carboxylic acids is 1. The fourth-order valence-electron chi connectivity index (χ4n) is 4.05. The number of carbonyl (C=O) groups is 1. The van der Waals surface area contributed by atoms with E-state index < -0.39 is 10.0 Å². The summed E-state index contributed by atoms with van der Waals surface area (Å²) in [5.74, 6) is 1.59. The number of hydrogen-bond acceptors (Lipinski definition) is 7. The third-order valence-corrected chi connectivity index (χ3v) is 8.05. The molecule has 0 saturated carbocycles. The minimum Gasteiger partial charge on any atom is -0.497 e. The molecule has 1 aliphatic heterocycles. The smallest absolute Gasteiger partial charge is 0.254 e. The second kappa shape index (κ2) is 11.0. The quantitative estimate of drug-likeness (QED) is 0.533. The molecule has 34 heavy (non-hydrogen) atoms. The summed E-state index contributed by atoms with van der Waals surface area (Å²) in [6, 6.07) is 10.0. The largest absolute Gasteiger partial charge is 0.497 e. The van der Waals surface area contributed by atoms with Gasteiger partial charge in [0.25, 0.3) is 5.91 Å². The number of methoxy groups -OCH3 is 3. The summed E-state index contributed by atoms with van der Waals surface area (Å²) < 4.78 is 43.6. The van der Waals surface area contributed by atoms with Crippen LogP contribution in [-0.2, 0) is 10.0 Å².